The van der Waals surface area contributed by atoms with E-state index in [4.69, 9.17) is 4.74 Å². The van der Waals surface area contributed by atoms with Crippen molar-refractivity contribution in [2.45, 2.75) is 20.3 Å². The fraction of sp³-hybridized carbons (Fsp3) is 0.375. The van der Waals surface area contributed by atoms with Gasteiger partial charge in [-0.05, 0) is 36.2 Å². The summed E-state index contributed by atoms with van der Waals surface area (Å²) in [5.41, 5.74) is 2.47. The molecule has 1 aliphatic rings. The molecule has 7 nitrogen and oxygen atoms in total. The maximum Gasteiger partial charge on any atom is 0.337 e. The van der Waals surface area contributed by atoms with Gasteiger partial charge in [0.25, 0.3) is 5.91 Å². The second-order valence-corrected chi connectivity index (χ2v) is 8.01. The van der Waals surface area contributed by atoms with Gasteiger partial charge in [0.2, 0.25) is 5.91 Å². The number of esters is 1. The van der Waals surface area contributed by atoms with Crippen LogP contribution in [0, 0.1) is 5.92 Å². The Morgan fingerprint density at radius 3 is 2.26 bits per heavy atom. The fourth-order valence-corrected chi connectivity index (χ4v) is 3.64. The summed E-state index contributed by atoms with van der Waals surface area (Å²) in [6.07, 6.45) is 0.390. The lowest BCUT2D eigenvalue weighted by molar-refractivity contribution is -0.116. The molecule has 0 spiro atoms. The summed E-state index contributed by atoms with van der Waals surface area (Å²) in [6.45, 7) is 6.37. The van der Waals surface area contributed by atoms with E-state index in [-0.39, 0.29) is 17.7 Å². The van der Waals surface area contributed by atoms with Crippen LogP contribution in [0.5, 0.6) is 0 Å². The lowest BCUT2D eigenvalue weighted by Gasteiger charge is -2.37. The Hall–Kier alpha value is -3.35. The molecule has 1 saturated heterocycles. The molecule has 1 fully saturated rings. The third kappa shape index (κ3) is 5.63. The first-order chi connectivity index (χ1) is 14.9. The zero-order valence-electron chi connectivity index (χ0n) is 18.3. The van der Waals surface area contributed by atoms with Crippen molar-refractivity contribution >= 4 is 29.2 Å². The van der Waals surface area contributed by atoms with Crippen LogP contribution in [0.2, 0.25) is 0 Å². The summed E-state index contributed by atoms with van der Waals surface area (Å²) >= 11 is 0. The molecule has 1 aliphatic heterocycles. The Bertz CT molecular complexity index is 935. The van der Waals surface area contributed by atoms with E-state index < -0.39 is 5.97 Å². The molecule has 0 radical (unpaired) electrons. The minimum atomic E-state index is -0.454. The number of ether oxygens (including phenoxy) is 1. The first-order valence-electron chi connectivity index (χ1n) is 10.5. The summed E-state index contributed by atoms with van der Waals surface area (Å²) in [5, 5.41) is 2.95. The van der Waals surface area contributed by atoms with Gasteiger partial charge in [-0.3, -0.25) is 9.59 Å². The molecule has 0 aliphatic carbocycles. The third-order valence-electron chi connectivity index (χ3n) is 5.21. The molecule has 2 aromatic rings. The topological polar surface area (TPSA) is 79.0 Å². The van der Waals surface area contributed by atoms with Gasteiger partial charge in [0.15, 0.2) is 0 Å². The number of carbonyl (C=O) groups excluding carboxylic acids is 3. The highest BCUT2D eigenvalue weighted by Gasteiger charge is 2.24. The smallest absolute Gasteiger partial charge is 0.337 e. The third-order valence-corrected chi connectivity index (χ3v) is 5.21. The molecule has 0 bridgehead atoms. The second kappa shape index (κ2) is 10.1. The van der Waals surface area contributed by atoms with E-state index in [1.165, 1.54) is 7.11 Å². The van der Waals surface area contributed by atoms with Gasteiger partial charge in [-0.2, -0.15) is 0 Å². The number of benzene rings is 2. The molecule has 3 rings (SSSR count). The van der Waals surface area contributed by atoms with Crippen molar-refractivity contribution in [1.29, 1.82) is 0 Å². The number of piperazine rings is 1. The Labute approximate surface area is 183 Å². The highest BCUT2D eigenvalue weighted by Crippen LogP contribution is 2.29. The maximum atomic E-state index is 12.7. The van der Waals surface area contributed by atoms with Gasteiger partial charge in [-0.15, -0.1) is 0 Å². The van der Waals surface area contributed by atoms with E-state index >= 15 is 0 Å². The number of hydrogen-bond donors (Lipinski definition) is 1. The van der Waals surface area contributed by atoms with Crippen LogP contribution in [0.4, 0.5) is 11.4 Å². The summed E-state index contributed by atoms with van der Waals surface area (Å²) in [7, 11) is 1.33. The highest BCUT2D eigenvalue weighted by atomic mass is 16.5. The molecule has 0 aromatic heterocycles. The van der Waals surface area contributed by atoms with E-state index in [1.54, 1.807) is 12.1 Å². The first kappa shape index (κ1) is 22.3. The van der Waals surface area contributed by atoms with Crippen molar-refractivity contribution in [3.63, 3.8) is 0 Å². The zero-order valence-corrected chi connectivity index (χ0v) is 18.3. The number of methoxy groups -OCH3 is 1. The standard InChI is InChI=1S/C24H29N3O4/c1-17(2)15-22(28)25-20-16-19(24(30)31-3)9-10-21(20)26-11-13-27(14-12-26)23(29)18-7-5-4-6-8-18/h4-10,16-17H,11-15H2,1-3H3,(H,25,28). The SMILES string of the molecule is COC(=O)c1ccc(N2CCN(C(=O)c3ccccc3)CC2)c(NC(=O)CC(C)C)c1. The highest BCUT2D eigenvalue weighted by molar-refractivity contribution is 5.98. The van der Waals surface area contributed by atoms with E-state index in [0.717, 1.165) is 5.69 Å². The van der Waals surface area contributed by atoms with Gasteiger partial charge >= 0.3 is 5.97 Å². The van der Waals surface area contributed by atoms with E-state index in [9.17, 15) is 14.4 Å². The Morgan fingerprint density at radius 1 is 0.968 bits per heavy atom. The van der Waals surface area contributed by atoms with Crippen LogP contribution in [-0.2, 0) is 9.53 Å². The molecule has 7 heteroatoms. The Morgan fingerprint density at radius 2 is 1.65 bits per heavy atom. The van der Waals surface area contributed by atoms with Crippen LogP contribution >= 0.6 is 0 Å². The van der Waals surface area contributed by atoms with Crippen LogP contribution < -0.4 is 10.2 Å². The van der Waals surface area contributed by atoms with E-state index in [1.807, 2.05) is 55.1 Å². The van der Waals surface area contributed by atoms with Crippen LogP contribution in [0.1, 0.15) is 41.0 Å². The Balaban J connectivity index is 1.76. The molecule has 1 N–H and O–H groups in total. The zero-order chi connectivity index (χ0) is 22.4. The summed E-state index contributed by atoms with van der Waals surface area (Å²) < 4.78 is 4.82. The monoisotopic (exact) mass is 423 g/mol. The van der Waals surface area contributed by atoms with Crippen molar-refractivity contribution in [3.05, 3.63) is 59.7 Å². The van der Waals surface area contributed by atoms with Gasteiger partial charge in [-0.25, -0.2) is 4.79 Å². The molecular weight excluding hydrogens is 394 g/mol. The van der Waals surface area contributed by atoms with Crippen LogP contribution in [0.25, 0.3) is 0 Å². The van der Waals surface area contributed by atoms with Crippen LogP contribution in [0.3, 0.4) is 0 Å². The summed E-state index contributed by atoms with van der Waals surface area (Å²) in [5.74, 6) is -0.313. The fourth-order valence-electron chi connectivity index (χ4n) is 3.64. The van der Waals surface area contributed by atoms with Crippen LogP contribution in [0.15, 0.2) is 48.5 Å². The second-order valence-electron chi connectivity index (χ2n) is 8.01. The largest absolute Gasteiger partial charge is 0.465 e. The predicted molar refractivity (Wildman–Crippen MR) is 120 cm³/mol. The number of hydrogen-bond acceptors (Lipinski definition) is 5. The van der Waals surface area contributed by atoms with E-state index in [2.05, 4.69) is 10.2 Å². The van der Waals surface area contributed by atoms with E-state index in [0.29, 0.717) is 49.4 Å². The average Bonchev–Trinajstić information content (AvgIpc) is 2.78. The number of nitrogens with zero attached hydrogens (tertiary/aromatic N) is 2. The van der Waals surface area contributed by atoms with Crippen LogP contribution in [-0.4, -0.2) is 56.0 Å². The molecule has 31 heavy (non-hydrogen) atoms. The average molecular weight is 424 g/mol. The van der Waals surface area contributed by atoms with Gasteiger partial charge in [-0.1, -0.05) is 32.0 Å². The summed E-state index contributed by atoms with van der Waals surface area (Å²) in [4.78, 5) is 41.1. The Kier molecular flexibility index (Phi) is 7.28. The number of rotatable bonds is 6. The van der Waals surface area contributed by atoms with Gasteiger partial charge in [0.1, 0.15) is 0 Å². The summed E-state index contributed by atoms with van der Waals surface area (Å²) in [6, 6.07) is 14.4. The number of amides is 2. The molecule has 0 saturated carbocycles. The number of anilines is 2. The molecule has 1 heterocycles. The van der Waals surface area contributed by atoms with Crippen molar-refractivity contribution in [1.82, 2.24) is 4.90 Å². The molecule has 0 atom stereocenters. The number of nitrogens with one attached hydrogen (secondary N) is 1. The van der Waals surface area contributed by atoms with Gasteiger partial charge in [0, 0.05) is 38.2 Å². The first-order valence-corrected chi connectivity index (χ1v) is 10.5. The minimum absolute atomic E-state index is 0.0201. The molecule has 164 valence electrons. The van der Waals surface area contributed by atoms with Gasteiger partial charge in [0.05, 0.1) is 24.0 Å². The normalized spacial score (nSPS) is 13.8. The molecule has 2 amide bonds. The van der Waals surface area contributed by atoms with Crippen molar-refractivity contribution in [3.8, 4) is 0 Å². The van der Waals surface area contributed by atoms with Crippen molar-refractivity contribution in [2.75, 3.05) is 43.5 Å². The van der Waals surface area contributed by atoms with Crippen molar-refractivity contribution in [2.24, 2.45) is 5.92 Å². The van der Waals surface area contributed by atoms with Gasteiger partial charge < -0.3 is 19.9 Å². The quantitative estimate of drug-likeness (QED) is 0.721. The molecular formula is C24H29N3O4. The predicted octanol–water partition coefficient (Wildman–Crippen LogP) is 3.42. The lowest BCUT2D eigenvalue weighted by Crippen LogP contribution is -2.49. The molecule has 0 unspecified atom stereocenters. The minimum Gasteiger partial charge on any atom is -0.465 e. The number of carbonyl (C=O) groups is 3. The molecule has 2 aromatic carbocycles. The maximum absolute atomic E-state index is 12.7. The van der Waals surface area contributed by atoms with Crippen molar-refractivity contribution < 1.29 is 19.1 Å². The lowest BCUT2D eigenvalue weighted by atomic mass is 10.1.